The lowest BCUT2D eigenvalue weighted by Gasteiger charge is -2.22. The van der Waals surface area contributed by atoms with Gasteiger partial charge in [0.15, 0.2) is 6.19 Å². The highest BCUT2D eigenvalue weighted by Gasteiger charge is 2.25. The van der Waals surface area contributed by atoms with E-state index in [0.29, 0.717) is 17.7 Å². The Bertz CT molecular complexity index is 709. The maximum absolute atomic E-state index is 12.5. The molecule has 140 valence electrons. The van der Waals surface area contributed by atoms with E-state index >= 15 is 0 Å². The molecule has 1 rings (SSSR count). The minimum Gasteiger partial charge on any atom is -0.340 e. The monoisotopic (exact) mass is 359 g/mol. The Morgan fingerprint density at radius 2 is 1.85 bits per heavy atom. The van der Waals surface area contributed by atoms with Crippen LogP contribution in [0, 0.1) is 17.4 Å². The van der Waals surface area contributed by atoms with Gasteiger partial charge in [0.05, 0.1) is 0 Å². The average Bonchev–Trinajstić information content (AvgIpc) is 2.59. The van der Waals surface area contributed by atoms with Gasteiger partial charge in [0, 0.05) is 32.4 Å². The topological polar surface area (TPSA) is 106 Å². The van der Waals surface area contributed by atoms with Gasteiger partial charge in [-0.15, -0.1) is 0 Å². The third-order valence-electron chi connectivity index (χ3n) is 3.57. The van der Waals surface area contributed by atoms with Gasteiger partial charge in [-0.25, -0.2) is 4.79 Å². The Hall–Kier alpha value is -3.08. The fraction of sp³-hybridized carbons (Fsp3) is 0.444. The fourth-order valence-electron chi connectivity index (χ4n) is 2.19. The first-order chi connectivity index (χ1) is 12.1. The molecular formula is C18H25N5O3. The standard InChI is InChI=1S/C18H25N5O3/c1-12(2)9-15(17(25)23(5)11-19)21-16(24)13-7-6-8-14(10-13)20-18(26)22(3)4/h6-8,10,12,15H,9H2,1-5H3,(H,20,26)(H,21,24). The fourth-order valence-corrected chi connectivity index (χ4v) is 2.19. The minimum atomic E-state index is -0.799. The van der Waals surface area contributed by atoms with Gasteiger partial charge in [0.25, 0.3) is 11.8 Å². The van der Waals surface area contributed by atoms with Crippen LogP contribution >= 0.6 is 0 Å². The zero-order chi connectivity index (χ0) is 19.9. The molecule has 0 aliphatic carbocycles. The van der Waals surface area contributed by atoms with Crippen LogP contribution in [0.25, 0.3) is 0 Å². The van der Waals surface area contributed by atoms with Gasteiger partial charge in [-0.1, -0.05) is 19.9 Å². The summed E-state index contributed by atoms with van der Waals surface area (Å²) in [6.45, 7) is 3.85. The van der Waals surface area contributed by atoms with E-state index in [-0.39, 0.29) is 11.9 Å². The molecule has 1 atom stereocenters. The van der Waals surface area contributed by atoms with Crippen molar-refractivity contribution in [2.24, 2.45) is 5.92 Å². The van der Waals surface area contributed by atoms with Crippen LogP contribution in [0.15, 0.2) is 24.3 Å². The number of carbonyl (C=O) groups is 3. The number of nitrogens with one attached hydrogen (secondary N) is 2. The average molecular weight is 359 g/mol. The number of urea groups is 1. The lowest BCUT2D eigenvalue weighted by atomic mass is 10.0. The molecule has 8 heteroatoms. The number of hydrogen-bond donors (Lipinski definition) is 2. The molecule has 0 spiro atoms. The van der Waals surface area contributed by atoms with Gasteiger partial charge in [0.1, 0.15) is 6.04 Å². The molecule has 0 aliphatic rings. The number of hydrogen-bond acceptors (Lipinski definition) is 4. The number of nitrogens with zero attached hydrogens (tertiary/aromatic N) is 3. The van der Waals surface area contributed by atoms with Crippen LogP contribution in [0.4, 0.5) is 10.5 Å². The second-order valence-electron chi connectivity index (χ2n) is 6.56. The first kappa shape index (κ1) is 21.0. The smallest absolute Gasteiger partial charge is 0.321 e. The molecule has 0 aromatic heterocycles. The summed E-state index contributed by atoms with van der Waals surface area (Å²) in [5.74, 6) is -0.759. The predicted molar refractivity (Wildman–Crippen MR) is 98.2 cm³/mol. The SMILES string of the molecule is CC(C)CC(NC(=O)c1cccc(NC(=O)N(C)C)c1)C(=O)N(C)C#N. The first-order valence-corrected chi connectivity index (χ1v) is 8.22. The maximum atomic E-state index is 12.5. The lowest BCUT2D eigenvalue weighted by Crippen LogP contribution is -2.46. The number of benzene rings is 1. The van der Waals surface area contributed by atoms with Crippen molar-refractivity contribution in [2.45, 2.75) is 26.3 Å². The van der Waals surface area contributed by atoms with E-state index < -0.39 is 17.9 Å². The van der Waals surface area contributed by atoms with Gasteiger partial charge in [-0.2, -0.15) is 5.26 Å². The number of anilines is 1. The third-order valence-corrected chi connectivity index (χ3v) is 3.57. The van der Waals surface area contributed by atoms with Crippen molar-refractivity contribution in [2.75, 3.05) is 26.5 Å². The third kappa shape index (κ3) is 6.09. The molecule has 0 aliphatic heterocycles. The van der Waals surface area contributed by atoms with Crippen LogP contribution in [-0.2, 0) is 4.79 Å². The van der Waals surface area contributed by atoms with Gasteiger partial charge in [-0.05, 0) is 30.5 Å². The van der Waals surface area contributed by atoms with Crippen LogP contribution in [0.1, 0.15) is 30.6 Å². The van der Waals surface area contributed by atoms with Crippen molar-refractivity contribution >= 4 is 23.5 Å². The Kier molecular flexibility index (Phi) is 7.59. The molecule has 0 saturated heterocycles. The number of likely N-dealkylation sites (N-methyl/N-ethyl adjacent to an activating group) is 1. The highest BCUT2D eigenvalue weighted by atomic mass is 16.2. The Balaban J connectivity index is 2.94. The van der Waals surface area contributed by atoms with Crippen LogP contribution < -0.4 is 10.6 Å². The van der Waals surface area contributed by atoms with Crippen molar-refractivity contribution in [1.29, 1.82) is 5.26 Å². The van der Waals surface area contributed by atoms with Crippen molar-refractivity contribution < 1.29 is 14.4 Å². The number of nitriles is 1. The summed E-state index contributed by atoms with van der Waals surface area (Å²) in [4.78, 5) is 38.8. The number of rotatable bonds is 6. The van der Waals surface area contributed by atoms with E-state index in [2.05, 4.69) is 10.6 Å². The van der Waals surface area contributed by atoms with Crippen molar-refractivity contribution in [3.05, 3.63) is 29.8 Å². The van der Waals surface area contributed by atoms with Crippen molar-refractivity contribution in [3.8, 4) is 6.19 Å². The summed E-state index contributed by atoms with van der Waals surface area (Å²) in [5.41, 5.74) is 0.778. The quantitative estimate of drug-likeness (QED) is 0.597. The lowest BCUT2D eigenvalue weighted by molar-refractivity contribution is -0.129. The molecule has 0 heterocycles. The van der Waals surface area contributed by atoms with E-state index in [4.69, 9.17) is 5.26 Å². The van der Waals surface area contributed by atoms with Crippen molar-refractivity contribution in [1.82, 2.24) is 15.1 Å². The molecule has 0 fully saturated rings. The van der Waals surface area contributed by atoms with Gasteiger partial charge in [-0.3, -0.25) is 14.5 Å². The summed E-state index contributed by atoms with van der Waals surface area (Å²) < 4.78 is 0. The molecule has 4 amide bonds. The molecule has 1 unspecified atom stereocenters. The summed E-state index contributed by atoms with van der Waals surface area (Å²) >= 11 is 0. The van der Waals surface area contributed by atoms with Gasteiger partial charge < -0.3 is 15.5 Å². The Labute approximate surface area is 153 Å². The second-order valence-corrected chi connectivity index (χ2v) is 6.56. The number of amides is 4. The molecule has 0 radical (unpaired) electrons. The summed E-state index contributed by atoms with van der Waals surface area (Å²) in [6, 6.07) is 5.31. The molecule has 0 saturated carbocycles. The van der Waals surface area contributed by atoms with Gasteiger partial charge in [0.2, 0.25) is 0 Å². The summed E-state index contributed by atoms with van der Waals surface area (Å²) in [7, 11) is 4.58. The number of carbonyl (C=O) groups excluding carboxylic acids is 3. The zero-order valence-corrected chi connectivity index (χ0v) is 15.7. The van der Waals surface area contributed by atoms with Crippen LogP contribution in [-0.4, -0.2) is 54.8 Å². The van der Waals surface area contributed by atoms with Crippen LogP contribution in [0.3, 0.4) is 0 Å². The Morgan fingerprint density at radius 1 is 1.19 bits per heavy atom. The molecule has 1 aromatic carbocycles. The summed E-state index contributed by atoms with van der Waals surface area (Å²) in [6.07, 6.45) is 2.16. The molecule has 1 aromatic rings. The van der Waals surface area contributed by atoms with E-state index in [1.54, 1.807) is 38.5 Å². The normalized spacial score (nSPS) is 11.3. The molecule has 8 nitrogen and oxygen atoms in total. The Morgan fingerprint density at radius 3 is 2.38 bits per heavy atom. The van der Waals surface area contributed by atoms with E-state index in [1.165, 1.54) is 18.0 Å². The molecule has 2 N–H and O–H groups in total. The van der Waals surface area contributed by atoms with Crippen LogP contribution in [0.5, 0.6) is 0 Å². The minimum absolute atomic E-state index is 0.155. The highest BCUT2D eigenvalue weighted by Crippen LogP contribution is 2.13. The predicted octanol–water partition coefficient (Wildman–Crippen LogP) is 1.86. The summed E-state index contributed by atoms with van der Waals surface area (Å²) in [5, 5.41) is 14.2. The molecule has 0 bridgehead atoms. The second kappa shape index (κ2) is 9.42. The highest BCUT2D eigenvalue weighted by molar-refractivity contribution is 5.99. The zero-order valence-electron chi connectivity index (χ0n) is 15.7. The van der Waals surface area contributed by atoms with E-state index in [0.717, 1.165) is 4.90 Å². The molecule has 26 heavy (non-hydrogen) atoms. The largest absolute Gasteiger partial charge is 0.340 e. The van der Waals surface area contributed by atoms with E-state index in [1.807, 2.05) is 13.8 Å². The van der Waals surface area contributed by atoms with Crippen molar-refractivity contribution in [3.63, 3.8) is 0 Å². The first-order valence-electron chi connectivity index (χ1n) is 8.22. The van der Waals surface area contributed by atoms with Crippen LogP contribution in [0.2, 0.25) is 0 Å². The maximum Gasteiger partial charge on any atom is 0.321 e. The van der Waals surface area contributed by atoms with E-state index in [9.17, 15) is 14.4 Å². The van der Waals surface area contributed by atoms with Gasteiger partial charge >= 0.3 is 6.03 Å². The molecular weight excluding hydrogens is 334 g/mol.